The van der Waals surface area contributed by atoms with Gasteiger partial charge in [-0.3, -0.25) is 4.90 Å². The summed E-state index contributed by atoms with van der Waals surface area (Å²) in [6.45, 7) is 6.58. The Balaban J connectivity index is 2.37. The van der Waals surface area contributed by atoms with Crippen molar-refractivity contribution in [3.05, 3.63) is 0 Å². The standard InChI is InChI=1S/C10H20BrNO2/c1-7(2)8(3-11)4-12-5-9(13)10(14)6-12/h7-10,13-14H,3-6H2,1-2H3. The van der Waals surface area contributed by atoms with Crippen LogP contribution in [0.1, 0.15) is 13.8 Å². The number of alkyl halides is 1. The predicted molar refractivity (Wildman–Crippen MR) is 60.6 cm³/mol. The number of aliphatic hydroxyl groups excluding tert-OH is 2. The zero-order valence-corrected chi connectivity index (χ0v) is 10.4. The Morgan fingerprint density at radius 2 is 1.79 bits per heavy atom. The molecule has 2 N–H and O–H groups in total. The highest BCUT2D eigenvalue weighted by molar-refractivity contribution is 9.09. The lowest BCUT2D eigenvalue weighted by Gasteiger charge is -2.24. The number of β-amino-alcohol motifs (C(OH)–C–C–N with tert-alkyl or cyclic N) is 2. The van der Waals surface area contributed by atoms with E-state index in [1.54, 1.807) is 0 Å². The van der Waals surface area contributed by atoms with E-state index in [0.29, 0.717) is 24.9 Å². The van der Waals surface area contributed by atoms with Crippen LogP contribution in [0.25, 0.3) is 0 Å². The topological polar surface area (TPSA) is 43.7 Å². The van der Waals surface area contributed by atoms with Crippen LogP contribution in [-0.2, 0) is 0 Å². The molecule has 0 saturated carbocycles. The summed E-state index contributed by atoms with van der Waals surface area (Å²) in [6.07, 6.45) is -1.11. The molecule has 1 heterocycles. The Labute approximate surface area is 94.2 Å². The predicted octanol–water partition coefficient (Wildman–Crippen LogP) is 0.691. The lowest BCUT2D eigenvalue weighted by atomic mass is 9.98. The summed E-state index contributed by atoms with van der Waals surface area (Å²) in [4.78, 5) is 2.14. The number of hydrogen-bond donors (Lipinski definition) is 2. The van der Waals surface area contributed by atoms with Crippen molar-refractivity contribution in [2.45, 2.75) is 26.1 Å². The monoisotopic (exact) mass is 265 g/mol. The van der Waals surface area contributed by atoms with E-state index < -0.39 is 12.2 Å². The van der Waals surface area contributed by atoms with Crippen LogP contribution in [0.3, 0.4) is 0 Å². The molecule has 14 heavy (non-hydrogen) atoms. The zero-order chi connectivity index (χ0) is 10.7. The molecular formula is C10H20BrNO2. The maximum absolute atomic E-state index is 9.39. The Hall–Kier alpha value is 0.360. The molecule has 1 aliphatic rings. The maximum Gasteiger partial charge on any atom is 0.0938 e. The van der Waals surface area contributed by atoms with E-state index >= 15 is 0 Å². The van der Waals surface area contributed by atoms with Crippen molar-refractivity contribution in [1.29, 1.82) is 0 Å². The number of halogens is 1. The van der Waals surface area contributed by atoms with E-state index in [0.717, 1.165) is 11.9 Å². The smallest absolute Gasteiger partial charge is 0.0938 e. The second-order valence-electron chi connectivity index (χ2n) is 4.51. The summed E-state index contributed by atoms with van der Waals surface area (Å²) >= 11 is 3.50. The molecule has 1 rings (SSSR count). The van der Waals surface area contributed by atoms with Gasteiger partial charge in [-0.2, -0.15) is 0 Å². The van der Waals surface area contributed by atoms with E-state index in [2.05, 4.69) is 34.7 Å². The minimum atomic E-state index is -0.557. The Morgan fingerprint density at radius 1 is 1.29 bits per heavy atom. The van der Waals surface area contributed by atoms with Crippen LogP contribution in [0, 0.1) is 11.8 Å². The molecule has 0 radical (unpaired) electrons. The van der Waals surface area contributed by atoms with Crippen LogP contribution in [0.4, 0.5) is 0 Å². The normalized spacial score (nSPS) is 31.3. The van der Waals surface area contributed by atoms with Crippen molar-refractivity contribution in [1.82, 2.24) is 4.90 Å². The molecule has 84 valence electrons. The summed E-state index contributed by atoms with van der Waals surface area (Å²) in [5.41, 5.74) is 0. The second kappa shape index (κ2) is 5.45. The fraction of sp³-hybridized carbons (Fsp3) is 1.00. The minimum Gasteiger partial charge on any atom is -0.389 e. The van der Waals surface area contributed by atoms with E-state index in [9.17, 15) is 10.2 Å². The molecule has 1 fully saturated rings. The van der Waals surface area contributed by atoms with Gasteiger partial charge in [0.1, 0.15) is 0 Å². The van der Waals surface area contributed by atoms with E-state index in [1.807, 2.05) is 0 Å². The first-order valence-corrected chi connectivity index (χ1v) is 6.31. The van der Waals surface area contributed by atoms with E-state index in [-0.39, 0.29) is 0 Å². The van der Waals surface area contributed by atoms with Crippen molar-refractivity contribution >= 4 is 15.9 Å². The maximum atomic E-state index is 9.39. The molecule has 1 aliphatic heterocycles. The minimum absolute atomic E-state index is 0.557. The zero-order valence-electron chi connectivity index (χ0n) is 8.86. The lowest BCUT2D eigenvalue weighted by Crippen LogP contribution is -2.31. The van der Waals surface area contributed by atoms with E-state index in [1.165, 1.54) is 0 Å². The summed E-state index contributed by atoms with van der Waals surface area (Å²) in [6, 6.07) is 0. The summed E-state index contributed by atoms with van der Waals surface area (Å²) < 4.78 is 0. The van der Waals surface area contributed by atoms with Crippen molar-refractivity contribution in [2.24, 2.45) is 11.8 Å². The Kier molecular flexibility index (Phi) is 4.83. The Morgan fingerprint density at radius 3 is 2.14 bits per heavy atom. The molecule has 0 bridgehead atoms. The third-order valence-corrected chi connectivity index (χ3v) is 3.80. The average Bonchev–Trinajstić information content (AvgIpc) is 2.41. The molecular weight excluding hydrogens is 246 g/mol. The molecule has 0 aromatic heterocycles. The van der Waals surface area contributed by atoms with Crippen LogP contribution in [0.5, 0.6) is 0 Å². The second-order valence-corrected chi connectivity index (χ2v) is 5.16. The van der Waals surface area contributed by atoms with Gasteiger partial charge in [-0.1, -0.05) is 29.8 Å². The van der Waals surface area contributed by atoms with Crippen molar-refractivity contribution < 1.29 is 10.2 Å². The van der Waals surface area contributed by atoms with Gasteiger partial charge in [-0.15, -0.1) is 0 Å². The van der Waals surface area contributed by atoms with Gasteiger partial charge < -0.3 is 10.2 Å². The highest BCUT2D eigenvalue weighted by atomic mass is 79.9. The molecule has 3 nitrogen and oxygen atoms in total. The third kappa shape index (κ3) is 3.19. The number of likely N-dealkylation sites (tertiary alicyclic amines) is 1. The molecule has 0 aliphatic carbocycles. The number of nitrogens with zero attached hydrogens (tertiary/aromatic N) is 1. The summed E-state index contributed by atoms with van der Waals surface area (Å²) in [7, 11) is 0. The fourth-order valence-corrected chi connectivity index (χ4v) is 2.72. The van der Waals surface area contributed by atoms with Crippen LogP contribution in [0.15, 0.2) is 0 Å². The van der Waals surface area contributed by atoms with Gasteiger partial charge in [0.25, 0.3) is 0 Å². The van der Waals surface area contributed by atoms with Crippen LogP contribution < -0.4 is 0 Å². The number of rotatable bonds is 4. The van der Waals surface area contributed by atoms with Gasteiger partial charge in [0.15, 0.2) is 0 Å². The average molecular weight is 266 g/mol. The third-order valence-electron chi connectivity index (χ3n) is 2.97. The number of hydrogen-bond acceptors (Lipinski definition) is 3. The molecule has 0 aromatic carbocycles. The van der Waals surface area contributed by atoms with E-state index in [4.69, 9.17) is 0 Å². The molecule has 1 saturated heterocycles. The van der Waals surface area contributed by atoms with Gasteiger partial charge in [0.2, 0.25) is 0 Å². The quantitative estimate of drug-likeness (QED) is 0.736. The van der Waals surface area contributed by atoms with Crippen LogP contribution in [-0.4, -0.2) is 52.3 Å². The highest BCUT2D eigenvalue weighted by Gasteiger charge is 2.30. The van der Waals surface area contributed by atoms with Gasteiger partial charge in [0.05, 0.1) is 12.2 Å². The molecule has 3 atom stereocenters. The first kappa shape index (κ1) is 12.4. The van der Waals surface area contributed by atoms with Crippen molar-refractivity contribution in [3.8, 4) is 0 Å². The van der Waals surface area contributed by atoms with Gasteiger partial charge in [-0.05, 0) is 11.8 Å². The van der Waals surface area contributed by atoms with Crippen molar-refractivity contribution in [2.75, 3.05) is 25.0 Å². The highest BCUT2D eigenvalue weighted by Crippen LogP contribution is 2.18. The Bertz CT molecular complexity index is 168. The first-order chi connectivity index (χ1) is 6.54. The van der Waals surface area contributed by atoms with Crippen molar-refractivity contribution in [3.63, 3.8) is 0 Å². The van der Waals surface area contributed by atoms with Crippen LogP contribution in [0.2, 0.25) is 0 Å². The summed E-state index contributed by atoms with van der Waals surface area (Å²) in [5.74, 6) is 1.22. The molecule has 0 aromatic rings. The van der Waals surface area contributed by atoms with Gasteiger partial charge >= 0.3 is 0 Å². The summed E-state index contributed by atoms with van der Waals surface area (Å²) in [5, 5.41) is 19.8. The van der Waals surface area contributed by atoms with Gasteiger partial charge in [0, 0.05) is 25.0 Å². The first-order valence-electron chi connectivity index (χ1n) is 5.19. The van der Waals surface area contributed by atoms with Gasteiger partial charge in [-0.25, -0.2) is 0 Å². The van der Waals surface area contributed by atoms with Crippen LogP contribution >= 0.6 is 15.9 Å². The number of aliphatic hydroxyl groups is 2. The molecule has 4 heteroatoms. The lowest BCUT2D eigenvalue weighted by molar-refractivity contribution is 0.0572. The molecule has 0 amide bonds. The largest absolute Gasteiger partial charge is 0.389 e. The SMILES string of the molecule is CC(C)C(CBr)CN1CC(O)C(O)C1. The molecule has 3 unspecified atom stereocenters. The molecule has 0 spiro atoms. The fourth-order valence-electron chi connectivity index (χ4n) is 1.77.